The standard InChI is InChI=1S/C13H20N4O2/c1-2-5-17-6-3-10(4-7-17)16-12-9-14-11(8-15-12)13(18)19/h8-10H,2-7H2,1H3,(H,15,16)(H,18,19). The predicted molar refractivity (Wildman–Crippen MR) is 72.4 cm³/mol. The molecule has 0 aliphatic carbocycles. The van der Waals surface area contributed by atoms with Crippen LogP contribution in [-0.4, -0.2) is 51.6 Å². The summed E-state index contributed by atoms with van der Waals surface area (Å²) in [4.78, 5) is 21.1. The van der Waals surface area contributed by atoms with Gasteiger partial charge in [-0.05, 0) is 25.8 Å². The number of rotatable bonds is 5. The summed E-state index contributed by atoms with van der Waals surface area (Å²) < 4.78 is 0. The van der Waals surface area contributed by atoms with Gasteiger partial charge in [0.15, 0.2) is 5.69 Å². The highest BCUT2D eigenvalue weighted by Crippen LogP contribution is 2.14. The molecule has 0 aromatic carbocycles. The van der Waals surface area contributed by atoms with Crippen LogP contribution in [0.2, 0.25) is 0 Å². The third kappa shape index (κ3) is 3.89. The van der Waals surface area contributed by atoms with E-state index >= 15 is 0 Å². The van der Waals surface area contributed by atoms with E-state index < -0.39 is 5.97 Å². The zero-order valence-corrected chi connectivity index (χ0v) is 11.2. The first-order valence-corrected chi connectivity index (χ1v) is 6.73. The summed E-state index contributed by atoms with van der Waals surface area (Å²) in [5, 5.41) is 12.1. The Balaban J connectivity index is 1.83. The summed E-state index contributed by atoms with van der Waals surface area (Å²) in [5.74, 6) is -0.397. The Kier molecular flexibility index (Phi) is 4.68. The van der Waals surface area contributed by atoms with Gasteiger partial charge in [-0.2, -0.15) is 0 Å². The van der Waals surface area contributed by atoms with Gasteiger partial charge in [0.25, 0.3) is 0 Å². The van der Waals surface area contributed by atoms with Crippen molar-refractivity contribution in [1.82, 2.24) is 14.9 Å². The van der Waals surface area contributed by atoms with Gasteiger partial charge in [0.05, 0.1) is 12.4 Å². The Morgan fingerprint density at radius 2 is 2.16 bits per heavy atom. The number of carboxylic acids is 1. The van der Waals surface area contributed by atoms with Crippen LogP contribution >= 0.6 is 0 Å². The van der Waals surface area contributed by atoms with Gasteiger partial charge >= 0.3 is 5.97 Å². The minimum atomic E-state index is -1.05. The number of nitrogens with zero attached hydrogens (tertiary/aromatic N) is 3. The maximum Gasteiger partial charge on any atom is 0.356 e. The molecular formula is C13H20N4O2. The summed E-state index contributed by atoms with van der Waals surface area (Å²) in [6.07, 6.45) is 6.14. The first-order chi connectivity index (χ1) is 9.19. The molecule has 1 aliphatic heterocycles. The molecule has 0 amide bonds. The van der Waals surface area contributed by atoms with E-state index in [2.05, 4.69) is 27.1 Å². The third-order valence-electron chi connectivity index (χ3n) is 3.35. The van der Waals surface area contributed by atoms with Crippen LogP contribution < -0.4 is 5.32 Å². The molecule has 104 valence electrons. The van der Waals surface area contributed by atoms with Gasteiger partial charge in [0.1, 0.15) is 5.82 Å². The van der Waals surface area contributed by atoms with Crippen LogP contribution in [-0.2, 0) is 0 Å². The van der Waals surface area contributed by atoms with Crippen LogP contribution in [0.5, 0.6) is 0 Å². The second-order valence-electron chi connectivity index (χ2n) is 4.85. The van der Waals surface area contributed by atoms with E-state index in [0.717, 1.165) is 25.9 Å². The molecule has 1 saturated heterocycles. The lowest BCUT2D eigenvalue weighted by Gasteiger charge is -2.32. The third-order valence-corrected chi connectivity index (χ3v) is 3.35. The van der Waals surface area contributed by atoms with Crippen molar-refractivity contribution in [2.75, 3.05) is 25.0 Å². The molecule has 0 bridgehead atoms. The van der Waals surface area contributed by atoms with Crippen molar-refractivity contribution in [1.29, 1.82) is 0 Å². The van der Waals surface area contributed by atoms with Gasteiger partial charge < -0.3 is 15.3 Å². The molecule has 6 heteroatoms. The molecule has 1 aromatic rings. The molecular weight excluding hydrogens is 244 g/mol. The highest BCUT2D eigenvalue weighted by molar-refractivity contribution is 5.84. The fourth-order valence-electron chi connectivity index (χ4n) is 2.34. The van der Waals surface area contributed by atoms with Crippen LogP contribution in [0.25, 0.3) is 0 Å². The highest BCUT2D eigenvalue weighted by atomic mass is 16.4. The van der Waals surface area contributed by atoms with Gasteiger partial charge in [-0.25, -0.2) is 14.8 Å². The summed E-state index contributed by atoms with van der Waals surface area (Å²) >= 11 is 0. The quantitative estimate of drug-likeness (QED) is 0.838. The molecule has 0 radical (unpaired) electrons. The SMILES string of the molecule is CCCN1CCC(Nc2cnc(C(=O)O)cn2)CC1. The maximum absolute atomic E-state index is 10.7. The first kappa shape index (κ1) is 13.7. The lowest BCUT2D eigenvalue weighted by molar-refractivity contribution is 0.0690. The number of hydrogen-bond donors (Lipinski definition) is 2. The van der Waals surface area contributed by atoms with Crippen molar-refractivity contribution < 1.29 is 9.90 Å². The van der Waals surface area contributed by atoms with Crippen molar-refractivity contribution in [3.63, 3.8) is 0 Å². The molecule has 0 unspecified atom stereocenters. The van der Waals surface area contributed by atoms with Crippen molar-refractivity contribution in [3.05, 3.63) is 18.1 Å². The Morgan fingerprint density at radius 1 is 1.42 bits per heavy atom. The Hall–Kier alpha value is -1.69. The second-order valence-corrected chi connectivity index (χ2v) is 4.85. The van der Waals surface area contributed by atoms with E-state index in [1.54, 1.807) is 0 Å². The number of carboxylic acid groups (broad SMARTS) is 1. The minimum absolute atomic E-state index is 0.0247. The van der Waals surface area contributed by atoms with Gasteiger partial charge in [0.2, 0.25) is 0 Å². The Morgan fingerprint density at radius 3 is 2.68 bits per heavy atom. The van der Waals surface area contributed by atoms with Gasteiger partial charge in [-0.3, -0.25) is 0 Å². The fraction of sp³-hybridized carbons (Fsp3) is 0.615. The van der Waals surface area contributed by atoms with Crippen LogP contribution in [0.1, 0.15) is 36.7 Å². The summed E-state index contributed by atoms with van der Waals surface area (Å²) in [5.41, 5.74) is -0.0247. The molecule has 1 fully saturated rings. The van der Waals surface area contributed by atoms with E-state index in [4.69, 9.17) is 5.11 Å². The number of anilines is 1. The molecule has 2 N–H and O–H groups in total. The molecule has 1 aromatic heterocycles. The lowest BCUT2D eigenvalue weighted by Crippen LogP contribution is -2.39. The smallest absolute Gasteiger partial charge is 0.356 e. The molecule has 6 nitrogen and oxygen atoms in total. The highest BCUT2D eigenvalue weighted by Gasteiger charge is 2.18. The first-order valence-electron chi connectivity index (χ1n) is 6.73. The molecule has 2 heterocycles. The average Bonchev–Trinajstić information content (AvgIpc) is 2.42. The molecule has 1 aliphatic rings. The Bertz CT molecular complexity index is 413. The maximum atomic E-state index is 10.7. The molecule has 19 heavy (non-hydrogen) atoms. The molecule has 2 rings (SSSR count). The van der Waals surface area contributed by atoms with Gasteiger partial charge in [-0.1, -0.05) is 6.92 Å². The molecule has 0 atom stereocenters. The van der Waals surface area contributed by atoms with Crippen molar-refractivity contribution in [3.8, 4) is 0 Å². The van der Waals surface area contributed by atoms with E-state index in [9.17, 15) is 4.79 Å². The van der Waals surface area contributed by atoms with Crippen molar-refractivity contribution in [2.24, 2.45) is 0 Å². The van der Waals surface area contributed by atoms with Crippen LogP contribution in [0.15, 0.2) is 12.4 Å². The number of piperidine rings is 1. The molecule has 0 saturated carbocycles. The number of nitrogens with one attached hydrogen (secondary N) is 1. The largest absolute Gasteiger partial charge is 0.476 e. The zero-order valence-electron chi connectivity index (χ0n) is 11.2. The van der Waals surface area contributed by atoms with Gasteiger partial charge in [0, 0.05) is 19.1 Å². The number of hydrogen-bond acceptors (Lipinski definition) is 5. The van der Waals surface area contributed by atoms with E-state index in [-0.39, 0.29) is 5.69 Å². The summed E-state index contributed by atoms with van der Waals surface area (Å²) in [7, 11) is 0. The van der Waals surface area contributed by atoms with E-state index in [0.29, 0.717) is 11.9 Å². The number of aromatic nitrogens is 2. The fourth-order valence-corrected chi connectivity index (χ4v) is 2.34. The number of aromatic carboxylic acids is 1. The van der Waals surface area contributed by atoms with E-state index in [1.165, 1.54) is 25.4 Å². The second kappa shape index (κ2) is 6.47. The topological polar surface area (TPSA) is 78.4 Å². The average molecular weight is 264 g/mol. The normalized spacial score (nSPS) is 17.3. The van der Waals surface area contributed by atoms with Gasteiger partial charge in [-0.15, -0.1) is 0 Å². The van der Waals surface area contributed by atoms with Crippen LogP contribution in [0, 0.1) is 0 Å². The monoisotopic (exact) mass is 264 g/mol. The zero-order chi connectivity index (χ0) is 13.7. The summed E-state index contributed by atoms with van der Waals surface area (Å²) in [6.45, 7) is 5.57. The van der Waals surface area contributed by atoms with Crippen LogP contribution in [0.3, 0.4) is 0 Å². The molecule has 0 spiro atoms. The summed E-state index contributed by atoms with van der Waals surface area (Å²) in [6, 6.07) is 0.401. The Labute approximate surface area is 112 Å². The van der Waals surface area contributed by atoms with Crippen LogP contribution in [0.4, 0.5) is 5.82 Å². The number of likely N-dealkylation sites (tertiary alicyclic amines) is 1. The predicted octanol–water partition coefficient (Wildman–Crippen LogP) is 1.46. The number of carbonyl (C=O) groups is 1. The van der Waals surface area contributed by atoms with Crippen molar-refractivity contribution in [2.45, 2.75) is 32.2 Å². The lowest BCUT2D eigenvalue weighted by atomic mass is 10.1. The van der Waals surface area contributed by atoms with Crippen molar-refractivity contribution >= 4 is 11.8 Å². The minimum Gasteiger partial charge on any atom is -0.476 e. The van der Waals surface area contributed by atoms with E-state index in [1.807, 2.05) is 0 Å².